The summed E-state index contributed by atoms with van der Waals surface area (Å²) in [5, 5.41) is 0. The zero-order valence-electron chi connectivity index (χ0n) is 11.7. The fourth-order valence-electron chi connectivity index (χ4n) is 2.56. The van der Waals surface area contributed by atoms with Gasteiger partial charge in [0.1, 0.15) is 11.9 Å². The molecule has 0 amide bonds. The first-order valence-corrected chi connectivity index (χ1v) is 7.08. The van der Waals surface area contributed by atoms with Crippen molar-refractivity contribution in [3.05, 3.63) is 29.8 Å². The van der Waals surface area contributed by atoms with Gasteiger partial charge in [-0.2, -0.15) is 0 Å². The molecule has 1 saturated heterocycles. The number of hydrogen-bond acceptors (Lipinski definition) is 3. The zero-order valence-corrected chi connectivity index (χ0v) is 11.7. The molecule has 2 rings (SSSR count). The van der Waals surface area contributed by atoms with E-state index in [0.29, 0.717) is 0 Å². The second-order valence-electron chi connectivity index (χ2n) is 5.11. The molecule has 1 aliphatic rings. The Morgan fingerprint density at radius 1 is 1.21 bits per heavy atom. The van der Waals surface area contributed by atoms with Crippen molar-refractivity contribution in [3.8, 4) is 5.75 Å². The number of aryl methyl sites for hydroxylation is 1. The highest BCUT2D eigenvalue weighted by atomic mass is 16.6. The second kappa shape index (κ2) is 6.60. The summed E-state index contributed by atoms with van der Waals surface area (Å²) < 4.78 is 10.3. The lowest BCUT2D eigenvalue weighted by Crippen LogP contribution is -2.44. The lowest BCUT2D eigenvalue weighted by Gasteiger charge is -2.35. The zero-order chi connectivity index (χ0) is 13.7. The van der Waals surface area contributed by atoms with E-state index in [2.05, 4.69) is 19.1 Å². The fraction of sp³-hybridized carbons (Fsp3) is 0.562. The highest BCUT2D eigenvalue weighted by molar-refractivity contribution is 5.78. The van der Waals surface area contributed by atoms with Crippen molar-refractivity contribution < 1.29 is 14.3 Å². The second-order valence-corrected chi connectivity index (χ2v) is 5.11. The minimum Gasteiger partial charge on any atom is -0.497 e. The molecule has 0 aliphatic carbocycles. The van der Waals surface area contributed by atoms with Crippen LogP contribution >= 0.6 is 0 Å². The minimum absolute atomic E-state index is 0.00631. The van der Waals surface area contributed by atoms with Gasteiger partial charge >= 0.3 is 5.97 Å². The maximum atomic E-state index is 11.4. The van der Waals surface area contributed by atoms with Crippen LogP contribution in [-0.4, -0.2) is 19.2 Å². The van der Waals surface area contributed by atoms with Gasteiger partial charge < -0.3 is 9.47 Å². The Kier molecular flexibility index (Phi) is 4.83. The van der Waals surface area contributed by atoms with Gasteiger partial charge in [0.05, 0.1) is 13.0 Å². The van der Waals surface area contributed by atoms with Crippen molar-refractivity contribution in [1.29, 1.82) is 0 Å². The summed E-state index contributed by atoms with van der Waals surface area (Å²) in [4.78, 5) is 11.4. The molecule has 104 valence electrons. The van der Waals surface area contributed by atoms with Gasteiger partial charge in [0.25, 0.3) is 0 Å². The predicted molar refractivity (Wildman–Crippen MR) is 74.2 cm³/mol. The number of methoxy groups -OCH3 is 1. The predicted octanol–water partition coefficient (Wildman–Crippen LogP) is 3.36. The van der Waals surface area contributed by atoms with Crippen LogP contribution in [0.15, 0.2) is 24.3 Å². The molecule has 1 heterocycles. The molecule has 1 aromatic carbocycles. The Hall–Kier alpha value is -1.51. The van der Waals surface area contributed by atoms with Crippen LogP contribution in [0.1, 0.15) is 38.2 Å². The number of carbonyl (C=O) groups is 1. The van der Waals surface area contributed by atoms with Crippen molar-refractivity contribution in [1.82, 2.24) is 0 Å². The number of cyclic esters (lactones) is 1. The molecule has 0 radical (unpaired) electrons. The van der Waals surface area contributed by atoms with Crippen molar-refractivity contribution >= 4 is 5.97 Å². The van der Waals surface area contributed by atoms with Crippen LogP contribution in [0.4, 0.5) is 0 Å². The molecule has 0 saturated carbocycles. The van der Waals surface area contributed by atoms with Crippen molar-refractivity contribution in [2.24, 2.45) is 5.92 Å². The van der Waals surface area contributed by atoms with E-state index >= 15 is 0 Å². The van der Waals surface area contributed by atoms with E-state index in [0.717, 1.165) is 37.9 Å². The largest absolute Gasteiger partial charge is 0.497 e. The first kappa shape index (κ1) is 13.9. The third-order valence-corrected chi connectivity index (χ3v) is 3.73. The third-order valence-electron chi connectivity index (χ3n) is 3.73. The molecule has 1 aliphatic heterocycles. The Bertz CT molecular complexity index is 411. The molecular weight excluding hydrogens is 240 g/mol. The van der Waals surface area contributed by atoms with Crippen LogP contribution in [0.25, 0.3) is 0 Å². The van der Waals surface area contributed by atoms with E-state index in [9.17, 15) is 4.79 Å². The van der Waals surface area contributed by atoms with Crippen LogP contribution in [0.3, 0.4) is 0 Å². The summed E-state index contributed by atoms with van der Waals surface area (Å²) in [6.07, 6.45) is 5.23. The topological polar surface area (TPSA) is 35.5 Å². The lowest BCUT2D eigenvalue weighted by molar-refractivity contribution is -0.186. The van der Waals surface area contributed by atoms with Crippen LogP contribution < -0.4 is 4.74 Å². The number of carbonyl (C=O) groups excluding carboxylic acids is 1. The Morgan fingerprint density at radius 2 is 1.95 bits per heavy atom. The number of ether oxygens (including phenoxy) is 2. The Morgan fingerprint density at radius 3 is 2.53 bits per heavy atom. The molecule has 0 spiro atoms. The monoisotopic (exact) mass is 262 g/mol. The summed E-state index contributed by atoms with van der Waals surface area (Å²) in [7, 11) is 1.67. The number of rotatable bonds is 7. The molecular formula is C16H22O3. The smallest absolute Gasteiger partial charge is 0.313 e. The lowest BCUT2D eigenvalue weighted by atomic mass is 9.88. The molecule has 0 aromatic heterocycles. The van der Waals surface area contributed by atoms with Crippen molar-refractivity contribution in [2.45, 2.75) is 45.1 Å². The molecule has 19 heavy (non-hydrogen) atoms. The molecule has 0 bridgehead atoms. The highest BCUT2D eigenvalue weighted by Gasteiger charge is 2.40. The molecule has 1 fully saturated rings. The van der Waals surface area contributed by atoms with Crippen LogP contribution in [-0.2, 0) is 16.0 Å². The average Bonchev–Trinajstić information content (AvgIpc) is 2.44. The molecule has 0 N–H and O–H groups in total. The van der Waals surface area contributed by atoms with E-state index in [1.165, 1.54) is 5.56 Å². The summed E-state index contributed by atoms with van der Waals surface area (Å²) >= 11 is 0. The maximum absolute atomic E-state index is 11.4. The number of benzene rings is 1. The average molecular weight is 262 g/mol. The highest BCUT2D eigenvalue weighted by Crippen LogP contribution is 2.30. The van der Waals surface area contributed by atoms with E-state index in [4.69, 9.17) is 9.47 Å². The van der Waals surface area contributed by atoms with Gasteiger partial charge in [-0.1, -0.05) is 25.5 Å². The normalized spacial score (nSPS) is 21.7. The Labute approximate surface area is 114 Å². The van der Waals surface area contributed by atoms with Gasteiger partial charge in [-0.3, -0.25) is 4.79 Å². The molecule has 2 atom stereocenters. The molecule has 0 unspecified atom stereocenters. The van der Waals surface area contributed by atoms with Crippen LogP contribution in [0.5, 0.6) is 5.75 Å². The van der Waals surface area contributed by atoms with Gasteiger partial charge in [0.15, 0.2) is 0 Å². The van der Waals surface area contributed by atoms with Crippen molar-refractivity contribution in [3.63, 3.8) is 0 Å². The van der Waals surface area contributed by atoms with E-state index in [1.807, 2.05) is 12.1 Å². The summed E-state index contributed by atoms with van der Waals surface area (Å²) in [5.74, 6) is 1.01. The van der Waals surface area contributed by atoms with Gasteiger partial charge in [-0.15, -0.1) is 0 Å². The summed E-state index contributed by atoms with van der Waals surface area (Å²) in [6, 6.07) is 8.13. The standard InChI is InChI=1S/C16H22O3/c1-3-5-15-14(16(17)19-15)7-4-6-12-8-10-13(18-2)11-9-12/h8-11,14-15H,3-7H2,1-2H3/t14-,15+/m1/s1. The van der Waals surface area contributed by atoms with Crippen LogP contribution in [0.2, 0.25) is 0 Å². The quantitative estimate of drug-likeness (QED) is 0.707. The summed E-state index contributed by atoms with van der Waals surface area (Å²) in [6.45, 7) is 2.13. The van der Waals surface area contributed by atoms with Gasteiger partial charge in [0.2, 0.25) is 0 Å². The minimum atomic E-state index is -0.00631. The van der Waals surface area contributed by atoms with E-state index in [1.54, 1.807) is 7.11 Å². The maximum Gasteiger partial charge on any atom is 0.313 e. The number of hydrogen-bond donors (Lipinski definition) is 0. The first-order chi connectivity index (χ1) is 9.24. The fourth-order valence-corrected chi connectivity index (χ4v) is 2.56. The summed E-state index contributed by atoms with van der Waals surface area (Å²) in [5.41, 5.74) is 1.29. The van der Waals surface area contributed by atoms with Crippen molar-refractivity contribution in [2.75, 3.05) is 7.11 Å². The molecule has 3 heteroatoms. The molecule has 3 nitrogen and oxygen atoms in total. The van der Waals surface area contributed by atoms with Crippen LogP contribution in [0, 0.1) is 5.92 Å². The number of esters is 1. The van der Waals surface area contributed by atoms with E-state index < -0.39 is 0 Å². The Balaban J connectivity index is 1.74. The first-order valence-electron chi connectivity index (χ1n) is 7.08. The van der Waals surface area contributed by atoms with Gasteiger partial charge in [0, 0.05) is 0 Å². The van der Waals surface area contributed by atoms with Gasteiger partial charge in [-0.25, -0.2) is 0 Å². The molecule has 1 aromatic rings. The van der Waals surface area contributed by atoms with Gasteiger partial charge in [-0.05, 0) is 43.4 Å². The SMILES string of the molecule is CCC[C@@H]1OC(=O)[C@@H]1CCCc1ccc(OC)cc1. The van der Waals surface area contributed by atoms with E-state index in [-0.39, 0.29) is 18.0 Å². The third kappa shape index (κ3) is 3.49.